The van der Waals surface area contributed by atoms with Crippen molar-refractivity contribution in [1.82, 2.24) is 30.0 Å². The smallest absolute Gasteiger partial charge is 0.348 e. The van der Waals surface area contributed by atoms with Crippen LogP contribution in [0.4, 0.5) is 5.13 Å². The normalized spacial score (nSPS) is 18.0. The number of carboxylic acids is 1. The molecule has 0 radical (unpaired) electrons. The molecular weight excluding hydrogens is 578 g/mol. The number of aromatic amines is 1. The van der Waals surface area contributed by atoms with Crippen molar-refractivity contribution in [3.8, 4) is 11.5 Å². The number of thiazole rings is 1. The molecule has 4 heterocycles. The number of aromatic carboxylic acids is 1. The van der Waals surface area contributed by atoms with Gasteiger partial charge in [-0.3, -0.25) is 4.79 Å². The number of hydrogen-bond acceptors (Lipinski definition) is 9. The van der Waals surface area contributed by atoms with E-state index in [0.29, 0.717) is 53.1 Å². The number of halogens is 2. The van der Waals surface area contributed by atoms with Gasteiger partial charge in [0.2, 0.25) is 0 Å². The van der Waals surface area contributed by atoms with E-state index in [2.05, 4.69) is 41.4 Å². The van der Waals surface area contributed by atoms with Gasteiger partial charge in [0, 0.05) is 39.5 Å². The monoisotopic (exact) mass is 601 g/mol. The van der Waals surface area contributed by atoms with Crippen molar-refractivity contribution in [2.45, 2.75) is 32.0 Å². The number of H-pyrrole nitrogens is 1. The number of ether oxygens (including phenoxy) is 2. The lowest BCUT2D eigenvalue weighted by Crippen LogP contribution is -2.55. The number of rotatable bonds is 9. The zero-order valence-electron chi connectivity index (χ0n) is 19.7. The first-order valence-electron chi connectivity index (χ1n) is 11.0. The van der Waals surface area contributed by atoms with Crippen LogP contribution in [-0.2, 0) is 16.0 Å². The lowest BCUT2D eigenvalue weighted by molar-refractivity contribution is 0.0540. The van der Waals surface area contributed by atoms with Gasteiger partial charge < -0.3 is 34.3 Å². The molecule has 0 aromatic carbocycles. The number of carbonyl (C=O) groups excluding carboxylic acids is 1. The molecule has 194 valence electrons. The number of aryl methyl sites for hydroxylation is 1. The summed E-state index contributed by atoms with van der Waals surface area (Å²) in [5.74, 6) is -1.05. The van der Waals surface area contributed by atoms with Crippen molar-refractivity contribution >= 4 is 55.9 Å². The van der Waals surface area contributed by atoms with Crippen LogP contribution in [0.2, 0.25) is 5.02 Å². The van der Waals surface area contributed by atoms with Crippen LogP contribution in [0.15, 0.2) is 10.8 Å². The number of carboxylic acid groups (broad SMARTS) is 1. The highest BCUT2D eigenvalue weighted by atomic mass is 79.9. The maximum atomic E-state index is 12.9. The lowest BCUT2D eigenvalue weighted by atomic mass is 10.0. The second kappa shape index (κ2) is 11.3. The minimum atomic E-state index is -1.09. The molecule has 3 aromatic heterocycles. The third kappa shape index (κ3) is 5.27. The molecule has 12 nitrogen and oxygen atoms in total. The predicted octanol–water partition coefficient (Wildman–Crippen LogP) is 2.82. The molecule has 1 fully saturated rings. The average Bonchev–Trinajstić information content (AvgIpc) is 3.57. The Morgan fingerprint density at radius 2 is 2.19 bits per heavy atom. The van der Waals surface area contributed by atoms with Gasteiger partial charge in [0.25, 0.3) is 5.91 Å². The molecule has 1 saturated heterocycles. The molecule has 0 spiro atoms. The average molecular weight is 603 g/mol. The molecule has 0 bridgehead atoms. The second-order valence-electron chi connectivity index (χ2n) is 8.16. The van der Waals surface area contributed by atoms with Crippen LogP contribution < -0.4 is 10.2 Å². The summed E-state index contributed by atoms with van der Waals surface area (Å²) in [5.41, 5.74) is 1.30. The fourth-order valence-corrected chi connectivity index (χ4v) is 5.50. The van der Waals surface area contributed by atoms with Crippen LogP contribution >= 0.6 is 38.9 Å². The first-order valence-corrected chi connectivity index (χ1v) is 13.0. The standard InChI is InChI=1S/C21H25BrClN7O5S/c1-10-13(22)14(23)15(25-10)19(31)26-11-4-5-29(8-12(11)35-3)21-27-16(17(36-21)20(32)33)18-28-24-9-30(18)6-7-34-2/h9,11-12,25H,4-8H2,1-3H3,(H,26,31)(H,32,33)/t11-,12+/m1/s1. The number of carbonyl (C=O) groups is 2. The lowest BCUT2D eigenvalue weighted by Gasteiger charge is -2.37. The highest BCUT2D eigenvalue weighted by Crippen LogP contribution is 2.34. The molecule has 3 aromatic rings. The number of piperidine rings is 1. The van der Waals surface area contributed by atoms with Crippen LogP contribution in [0.3, 0.4) is 0 Å². The summed E-state index contributed by atoms with van der Waals surface area (Å²) in [6.07, 6.45) is 1.72. The number of nitrogens with one attached hydrogen (secondary N) is 2. The highest BCUT2D eigenvalue weighted by Gasteiger charge is 2.34. The van der Waals surface area contributed by atoms with Gasteiger partial charge in [0.05, 0.1) is 28.2 Å². The largest absolute Gasteiger partial charge is 0.477 e. The van der Waals surface area contributed by atoms with Crippen LogP contribution in [0.1, 0.15) is 32.3 Å². The first-order chi connectivity index (χ1) is 17.2. The molecular formula is C21H25BrClN7O5S. The third-order valence-electron chi connectivity index (χ3n) is 5.90. The fraction of sp³-hybridized carbons (Fsp3) is 0.476. The summed E-state index contributed by atoms with van der Waals surface area (Å²) in [6, 6.07) is -0.271. The topological polar surface area (TPSA) is 147 Å². The molecule has 0 saturated carbocycles. The summed E-state index contributed by atoms with van der Waals surface area (Å²) >= 11 is 10.7. The van der Waals surface area contributed by atoms with Gasteiger partial charge in [-0.25, -0.2) is 9.78 Å². The second-order valence-corrected chi connectivity index (χ2v) is 10.3. The Morgan fingerprint density at radius 1 is 1.42 bits per heavy atom. The summed E-state index contributed by atoms with van der Waals surface area (Å²) in [4.78, 5) is 34.5. The molecule has 1 aliphatic heterocycles. The van der Waals surface area contributed by atoms with Crippen molar-refractivity contribution in [1.29, 1.82) is 0 Å². The van der Waals surface area contributed by atoms with E-state index in [1.807, 2.05) is 11.8 Å². The molecule has 0 aliphatic carbocycles. The molecule has 1 aliphatic rings. The first kappa shape index (κ1) is 26.5. The predicted molar refractivity (Wildman–Crippen MR) is 137 cm³/mol. The van der Waals surface area contributed by atoms with E-state index in [-0.39, 0.29) is 34.3 Å². The van der Waals surface area contributed by atoms with Gasteiger partial charge in [-0.05, 0) is 29.3 Å². The van der Waals surface area contributed by atoms with E-state index in [1.54, 1.807) is 18.8 Å². The number of nitrogens with zero attached hydrogens (tertiary/aromatic N) is 5. The maximum Gasteiger partial charge on any atom is 0.348 e. The molecule has 15 heteroatoms. The zero-order chi connectivity index (χ0) is 26.0. The Bertz CT molecular complexity index is 1260. The summed E-state index contributed by atoms with van der Waals surface area (Å²) in [7, 11) is 3.16. The molecule has 1 amide bonds. The van der Waals surface area contributed by atoms with E-state index in [9.17, 15) is 14.7 Å². The summed E-state index contributed by atoms with van der Waals surface area (Å²) in [5, 5.41) is 21.7. The SMILES string of the molecule is COCCn1cnnc1-c1nc(N2CC[C@@H](NC(=O)c3[nH]c(C)c(Br)c3Cl)[C@@H](OC)C2)sc1C(=O)O. The molecule has 36 heavy (non-hydrogen) atoms. The molecule has 2 atom stereocenters. The van der Waals surface area contributed by atoms with Crippen LogP contribution in [0, 0.1) is 6.92 Å². The summed E-state index contributed by atoms with van der Waals surface area (Å²) < 4.78 is 13.2. The minimum absolute atomic E-state index is 0.0726. The third-order valence-corrected chi connectivity index (χ3v) is 8.61. The number of hydrogen-bond donors (Lipinski definition) is 3. The van der Waals surface area contributed by atoms with Gasteiger partial charge in [0.15, 0.2) is 11.0 Å². The Kier molecular flexibility index (Phi) is 8.30. The number of methoxy groups -OCH3 is 2. The number of aromatic nitrogens is 5. The van der Waals surface area contributed by atoms with E-state index >= 15 is 0 Å². The molecule has 0 unspecified atom stereocenters. The van der Waals surface area contributed by atoms with Crippen LogP contribution in [0.5, 0.6) is 0 Å². The van der Waals surface area contributed by atoms with Gasteiger partial charge in [-0.1, -0.05) is 22.9 Å². The van der Waals surface area contributed by atoms with Crippen molar-refractivity contribution in [2.24, 2.45) is 0 Å². The van der Waals surface area contributed by atoms with E-state index in [0.717, 1.165) is 17.0 Å². The Hall–Kier alpha value is -2.52. The van der Waals surface area contributed by atoms with Crippen molar-refractivity contribution < 1.29 is 24.2 Å². The van der Waals surface area contributed by atoms with Gasteiger partial charge >= 0.3 is 5.97 Å². The fourth-order valence-electron chi connectivity index (χ4n) is 4.00. The minimum Gasteiger partial charge on any atom is -0.477 e. The van der Waals surface area contributed by atoms with Gasteiger partial charge in [0.1, 0.15) is 22.6 Å². The van der Waals surface area contributed by atoms with E-state index < -0.39 is 5.97 Å². The Morgan fingerprint density at radius 3 is 2.83 bits per heavy atom. The van der Waals surface area contributed by atoms with Crippen LogP contribution in [0.25, 0.3) is 11.5 Å². The van der Waals surface area contributed by atoms with Gasteiger partial charge in [-0.15, -0.1) is 10.2 Å². The quantitative estimate of drug-likeness (QED) is 0.336. The maximum absolute atomic E-state index is 12.9. The Balaban J connectivity index is 1.52. The Labute approximate surface area is 224 Å². The molecule has 4 rings (SSSR count). The zero-order valence-corrected chi connectivity index (χ0v) is 22.9. The van der Waals surface area contributed by atoms with Crippen molar-refractivity contribution in [3.63, 3.8) is 0 Å². The van der Waals surface area contributed by atoms with Gasteiger partial charge in [-0.2, -0.15) is 0 Å². The highest BCUT2D eigenvalue weighted by molar-refractivity contribution is 9.10. The van der Waals surface area contributed by atoms with Crippen molar-refractivity contribution in [3.05, 3.63) is 32.1 Å². The van der Waals surface area contributed by atoms with E-state index in [1.165, 1.54) is 6.33 Å². The van der Waals surface area contributed by atoms with Crippen LogP contribution in [-0.4, -0.2) is 87.8 Å². The van der Waals surface area contributed by atoms with Crippen molar-refractivity contribution in [2.75, 3.05) is 38.8 Å². The molecule has 3 N–H and O–H groups in total. The number of anilines is 1. The van der Waals surface area contributed by atoms with E-state index in [4.69, 9.17) is 21.1 Å². The number of amides is 1. The summed E-state index contributed by atoms with van der Waals surface area (Å²) in [6.45, 7) is 3.64.